The number of rotatable bonds is 3. The molecule has 0 bridgehead atoms. The molecule has 2 aromatic carbocycles. The first-order chi connectivity index (χ1) is 11.1. The second kappa shape index (κ2) is 5.92. The van der Waals surface area contributed by atoms with E-state index in [1.807, 2.05) is 62.4 Å². The Hall–Kier alpha value is -3.15. The maximum absolute atomic E-state index is 12.1. The van der Waals surface area contributed by atoms with Crippen molar-refractivity contribution in [2.24, 2.45) is 5.73 Å². The summed E-state index contributed by atoms with van der Waals surface area (Å²) in [5, 5.41) is 4.22. The second-order valence-corrected chi connectivity index (χ2v) is 5.27. The van der Waals surface area contributed by atoms with E-state index in [0.29, 0.717) is 11.6 Å². The molecule has 116 valence electrons. The number of anilines is 2. The molecular formula is C17H17N5O. The highest BCUT2D eigenvalue weighted by atomic mass is 16.2. The van der Waals surface area contributed by atoms with E-state index in [1.54, 1.807) is 4.68 Å². The van der Waals surface area contributed by atoms with Crippen LogP contribution in [0.25, 0.3) is 5.69 Å². The quantitative estimate of drug-likeness (QED) is 0.807. The number of carbonyl (C=O) groups excluding carboxylic acids is 1. The van der Waals surface area contributed by atoms with E-state index in [0.717, 1.165) is 16.8 Å². The molecule has 0 aliphatic carbocycles. The van der Waals surface area contributed by atoms with Crippen LogP contribution in [-0.4, -0.2) is 20.8 Å². The van der Waals surface area contributed by atoms with Crippen LogP contribution < -0.4 is 10.6 Å². The van der Waals surface area contributed by atoms with Crippen molar-refractivity contribution in [1.82, 2.24) is 14.8 Å². The Morgan fingerprint density at radius 2 is 1.87 bits per heavy atom. The molecule has 23 heavy (non-hydrogen) atoms. The van der Waals surface area contributed by atoms with Gasteiger partial charge in [-0.1, -0.05) is 35.9 Å². The van der Waals surface area contributed by atoms with Gasteiger partial charge in [0.2, 0.25) is 5.95 Å². The van der Waals surface area contributed by atoms with Gasteiger partial charge in [0.05, 0.1) is 11.4 Å². The van der Waals surface area contributed by atoms with Gasteiger partial charge in [-0.3, -0.25) is 0 Å². The number of aryl methyl sites for hydroxylation is 2. The van der Waals surface area contributed by atoms with E-state index >= 15 is 0 Å². The number of carbonyl (C=O) groups is 1. The maximum atomic E-state index is 12.1. The molecule has 0 aliphatic rings. The van der Waals surface area contributed by atoms with Crippen LogP contribution in [-0.2, 0) is 0 Å². The van der Waals surface area contributed by atoms with Crippen LogP contribution in [0.3, 0.4) is 0 Å². The van der Waals surface area contributed by atoms with Gasteiger partial charge in [-0.25, -0.2) is 9.69 Å². The monoisotopic (exact) mass is 307 g/mol. The fourth-order valence-electron chi connectivity index (χ4n) is 2.52. The molecule has 0 unspecified atom stereocenters. The van der Waals surface area contributed by atoms with Crippen LogP contribution in [0, 0.1) is 13.8 Å². The second-order valence-electron chi connectivity index (χ2n) is 5.27. The first-order valence-electron chi connectivity index (χ1n) is 7.20. The summed E-state index contributed by atoms with van der Waals surface area (Å²) in [6, 6.07) is 14.7. The first-order valence-corrected chi connectivity index (χ1v) is 7.20. The van der Waals surface area contributed by atoms with Crippen molar-refractivity contribution in [3.05, 3.63) is 66.0 Å². The van der Waals surface area contributed by atoms with Crippen LogP contribution in [0.15, 0.2) is 54.9 Å². The molecule has 2 N–H and O–H groups in total. The summed E-state index contributed by atoms with van der Waals surface area (Å²) in [6.07, 6.45) is 1.40. The molecule has 0 fully saturated rings. The number of hydrogen-bond donors (Lipinski definition) is 1. The minimum Gasteiger partial charge on any atom is -0.351 e. The van der Waals surface area contributed by atoms with Gasteiger partial charge in [0.1, 0.15) is 6.33 Å². The standard InChI is InChI=1S/C17H17N5O/c1-12-8-9-15(13(2)10-12)21(16(18)23)17-19-11-20-22(17)14-6-4-3-5-7-14/h3-11H,1-2H3,(H2,18,23). The molecule has 0 spiro atoms. The summed E-state index contributed by atoms with van der Waals surface area (Å²) in [5.74, 6) is 0.357. The van der Waals surface area contributed by atoms with Gasteiger partial charge in [-0.05, 0) is 37.6 Å². The SMILES string of the molecule is Cc1ccc(N(C(N)=O)c2ncnn2-c2ccccc2)c(C)c1. The number of amides is 2. The van der Waals surface area contributed by atoms with Crippen molar-refractivity contribution in [3.63, 3.8) is 0 Å². The molecule has 1 aromatic heterocycles. The van der Waals surface area contributed by atoms with E-state index in [1.165, 1.54) is 11.2 Å². The van der Waals surface area contributed by atoms with Gasteiger partial charge in [-0.2, -0.15) is 14.8 Å². The molecule has 6 heteroatoms. The topological polar surface area (TPSA) is 77.0 Å². The van der Waals surface area contributed by atoms with E-state index in [-0.39, 0.29) is 0 Å². The lowest BCUT2D eigenvalue weighted by Crippen LogP contribution is -2.34. The Morgan fingerprint density at radius 3 is 2.52 bits per heavy atom. The molecule has 3 aromatic rings. The Kier molecular flexibility index (Phi) is 3.80. The average Bonchev–Trinajstić information content (AvgIpc) is 2.99. The molecule has 6 nitrogen and oxygen atoms in total. The molecule has 2 amide bonds. The first kappa shape index (κ1) is 14.8. The summed E-state index contributed by atoms with van der Waals surface area (Å²) >= 11 is 0. The molecule has 1 heterocycles. The predicted molar refractivity (Wildman–Crippen MR) is 89.0 cm³/mol. The van der Waals surface area contributed by atoms with Gasteiger partial charge < -0.3 is 5.73 Å². The number of urea groups is 1. The highest BCUT2D eigenvalue weighted by Crippen LogP contribution is 2.28. The smallest absolute Gasteiger partial charge is 0.326 e. The zero-order valence-electron chi connectivity index (χ0n) is 13.0. The van der Waals surface area contributed by atoms with E-state index in [9.17, 15) is 4.79 Å². The molecule has 3 rings (SSSR count). The van der Waals surface area contributed by atoms with Crippen LogP contribution in [0.4, 0.5) is 16.4 Å². The van der Waals surface area contributed by atoms with Crippen molar-refractivity contribution in [2.45, 2.75) is 13.8 Å². The van der Waals surface area contributed by atoms with Crippen molar-refractivity contribution >= 4 is 17.7 Å². The average molecular weight is 307 g/mol. The van der Waals surface area contributed by atoms with Crippen molar-refractivity contribution in [2.75, 3.05) is 4.90 Å². The van der Waals surface area contributed by atoms with Crippen molar-refractivity contribution in [1.29, 1.82) is 0 Å². The fourth-order valence-corrected chi connectivity index (χ4v) is 2.52. The number of hydrogen-bond acceptors (Lipinski definition) is 3. The number of benzene rings is 2. The van der Waals surface area contributed by atoms with Crippen LogP contribution in [0.5, 0.6) is 0 Å². The number of aromatic nitrogens is 3. The number of primary amides is 1. The van der Waals surface area contributed by atoms with Crippen molar-refractivity contribution in [3.8, 4) is 5.69 Å². The van der Waals surface area contributed by atoms with Gasteiger partial charge in [0, 0.05) is 0 Å². The normalized spacial score (nSPS) is 10.5. The minimum atomic E-state index is -0.609. The summed E-state index contributed by atoms with van der Waals surface area (Å²) < 4.78 is 1.59. The fraction of sp³-hybridized carbons (Fsp3) is 0.118. The van der Waals surface area contributed by atoms with E-state index in [4.69, 9.17) is 5.73 Å². The Morgan fingerprint density at radius 1 is 1.13 bits per heavy atom. The predicted octanol–water partition coefficient (Wildman–Crippen LogP) is 3.10. The zero-order chi connectivity index (χ0) is 16.4. The van der Waals surface area contributed by atoms with Gasteiger partial charge in [0.15, 0.2) is 0 Å². The summed E-state index contributed by atoms with van der Waals surface area (Å²) in [4.78, 5) is 17.7. The van der Waals surface area contributed by atoms with Gasteiger partial charge in [-0.15, -0.1) is 0 Å². The number of nitrogens with two attached hydrogens (primary N) is 1. The maximum Gasteiger partial charge on any atom is 0.326 e. The van der Waals surface area contributed by atoms with Crippen LogP contribution in [0.1, 0.15) is 11.1 Å². The minimum absolute atomic E-state index is 0.357. The lowest BCUT2D eigenvalue weighted by atomic mass is 10.1. The van der Waals surface area contributed by atoms with Gasteiger partial charge >= 0.3 is 6.03 Å². The van der Waals surface area contributed by atoms with Crippen LogP contribution in [0.2, 0.25) is 0 Å². The Bertz CT molecular complexity index is 841. The van der Waals surface area contributed by atoms with Gasteiger partial charge in [0.25, 0.3) is 0 Å². The van der Waals surface area contributed by atoms with Crippen molar-refractivity contribution < 1.29 is 4.79 Å². The molecule has 0 saturated heterocycles. The molecule has 0 atom stereocenters. The Balaban J connectivity index is 2.14. The number of para-hydroxylation sites is 1. The molecule has 0 radical (unpaired) electrons. The molecule has 0 aliphatic heterocycles. The lowest BCUT2D eigenvalue weighted by molar-refractivity contribution is 0.255. The third kappa shape index (κ3) is 2.78. The van der Waals surface area contributed by atoms with E-state index < -0.39 is 6.03 Å². The Labute approximate surface area is 134 Å². The summed E-state index contributed by atoms with van der Waals surface area (Å²) in [7, 11) is 0. The highest BCUT2D eigenvalue weighted by molar-refractivity contribution is 5.97. The third-order valence-electron chi connectivity index (χ3n) is 3.54. The molecular weight excluding hydrogens is 290 g/mol. The largest absolute Gasteiger partial charge is 0.351 e. The zero-order valence-corrected chi connectivity index (χ0v) is 13.0. The third-order valence-corrected chi connectivity index (χ3v) is 3.54. The lowest BCUT2D eigenvalue weighted by Gasteiger charge is -2.22. The molecule has 0 saturated carbocycles. The summed E-state index contributed by atoms with van der Waals surface area (Å²) in [5.41, 5.74) is 9.16. The summed E-state index contributed by atoms with van der Waals surface area (Å²) in [6.45, 7) is 3.93. The highest BCUT2D eigenvalue weighted by Gasteiger charge is 2.23. The number of nitrogens with zero attached hydrogens (tertiary/aromatic N) is 4. The van der Waals surface area contributed by atoms with Crippen LogP contribution >= 0.6 is 0 Å². The van der Waals surface area contributed by atoms with E-state index in [2.05, 4.69) is 10.1 Å².